The molecule has 0 saturated heterocycles. The first-order chi connectivity index (χ1) is 8.20. The van der Waals surface area contributed by atoms with Crippen molar-refractivity contribution in [2.45, 2.75) is 26.1 Å². The van der Waals surface area contributed by atoms with Gasteiger partial charge in [0.2, 0.25) is 0 Å². The summed E-state index contributed by atoms with van der Waals surface area (Å²) < 4.78 is 0. The Morgan fingerprint density at radius 1 is 1.29 bits per heavy atom. The van der Waals surface area contributed by atoms with Crippen LogP contribution in [0.25, 0.3) is 11.0 Å². The predicted octanol–water partition coefficient (Wildman–Crippen LogP) is 2.88. The molecule has 0 radical (unpaired) electrons. The van der Waals surface area contributed by atoms with Crippen LogP contribution in [0.5, 0.6) is 0 Å². The zero-order valence-corrected chi connectivity index (χ0v) is 10.1. The highest BCUT2D eigenvalue weighted by atomic mass is 15.2. The van der Waals surface area contributed by atoms with Gasteiger partial charge in [-0.25, -0.2) is 0 Å². The van der Waals surface area contributed by atoms with Gasteiger partial charge >= 0.3 is 0 Å². The molecule has 3 heteroatoms. The van der Waals surface area contributed by atoms with Crippen LogP contribution in [-0.4, -0.2) is 12.2 Å². The SMILES string of the molecule is CC(C)C1[N-]C(C#N)C=C(c2ccccc2)N1. The molecule has 1 aromatic carbocycles. The second-order valence-electron chi connectivity index (χ2n) is 4.50. The summed E-state index contributed by atoms with van der Waals surface area (Å²) in [7, 11) is 0. The van der Waals surface area contributed by atoms with Gasteiger partial charge in [0, 0.05) is 11.8 Å². The van der Waals surface area contributed by atoms with Crippen LogP contribution in [-0.2, 0) is 0 Å². The first-order valence-corrected chi connectivity index (χ1v) is 5.84. The Balaban J connectivity index is 2.27. The second-order valence-corrected chi connectivity index (χ2v) is 4.50. The highest BCUT2D eigenvalue weighted by Gasteiger charge is 2.14. The smallest absolute Gasteiger partial charge is 0.0472 e. The van der Waals surface area contributed by atoms with Crippen molar-refractivity contribution in [2.75, 3.05) is 0 Å². The molecule has 1 heterocycles. The number of rotatable bonds is 2. The van der Waals surface area contributed by atoms with Gasteiger partial charge in [-0.2, -0.15) is 5.26 Å². The van der Waals surface area contributed by atoms with Crippen molar-refractivity contribution < 1.29 is 0 Å². The van der Waals surface area contributed by atoms with Gasteiger partial charge in [0.15, 0.2) is 0 Å². The van der Waals surface area contributed by atoms with Gasteiger partial charge in [0.25, 0.3) is 0 Å². The van der Waals surface area contributed by atoms with Crippen molar-refractivity contribution in [3.05, 3.63) is 47.3 Å². The molecule has 2 atom stereocenters. The summed E-state index contributed by atoms with van der Waals surface area (Å²) in [6, 6.07) is 11.9. The Labute approximate surface area is 102 Å². The van der Waals surface area contributed by atoms with E-state index >= 15 is 0 Å². The zero-order valence-electron chi connectivity index (χ0n) is 10.1. The fourth-order valence-corrected chi connectivity index (χ4v) is 1.83. The predicted molar refractivity (Wildman–Crippen MR) is 68.9 cm³/mol. The number of nitriles is 1. The molecule has 0 saturated carbocycles. The molecule has 1 N–H and O–H groups in total. The van der Waals surface area contributed by atoms with Gasteiger partial charge in [0.05, 0.1) is 0 Å². The topological polar surface area (TPSA) is 49.9 Å². The van der Waals surface area contributed by atoms with Crippen molar-refractivity contribution in [3.8, 4) is 6.07 Å². The van der Waals surface area contributed by atoms with Gasteiger partial charge < -0.3 is 10.6 Å². The van der Waals surface area contributed by atoms with Crippen LogP contribution < -0.4 is 5.32 Å². The molecule has 0 fully saturated rings. The number of benzene rings is 1. The molecule has 88 valence electrons. The maximum Gasteiger partial charge on any atom is 0.0472 e. The maximum absolute atomic E-state index is 9.04. The lowest BCUT2D eigenvalue weighted by molar-refractivity contribution is 0.486. The molecule has 1 aliphatic heterocycles. The van der Waals surface area contributed by atoms with Crippen LogP contribution in [0.1, 0.15) is 19.4 Å². The van der Waals surface area contributed by atoms with E-state index in [9.17, 15) is 0 Å². The Morgan fingerprint density at radius 2 is 2.00 bits per heavy atom. The van der Waals surface area contributed by atoms with Crippen LogP contribution >= 0.6 is 0 Å². The molecular formula is C14H16N3-. The van der Waals surface area contributed by atoms with E-state index in [0.29, 0.717) is 5.92 Å². The molecule has 0 aromatic heterocycles. The molecule has 2 unspecified atom stereocenters. The third-order valence-electron chi connectivity index (χ3n) is 2.80. The molecule has 3 nitrogen and oxygen atoms in total. The van der Waals surface area contributed by atoms with Gasteiger partial charge in [-0.1, -0.05) is 56.4 Å². The van der Waals surface area contributed by atoms with Crippen LogP contribution in [0.15, 0.2) is 36.4 Å². The summed E-state index contributed by atoms with van der Waals surface area (Å²) in [6.07, 6.45) is 1.90. The van der Waals surface area contributed by atoms with Crippen molar-refractivity contribution in [1.29, 1.82) is 5.26 Å². The van der Waals surface area contributed by atoms with E-state index in [1.807, 2.05) is 36.4 Å². The number of hydrogen-bond donors (Lipinski definition) is 1. The molecular weight excluding hydrogens is 210 g/mol. The average molecular weight is 226 g/mol. The summed E-state index contributed by atoms with van der Waals surface area (Å²) in [5.41, 5.74) is 2.11. The quantitative estimate of drug-likeness (QED) is 0.843. The normalized spacial score (nSPS) is 23.8. The minimum absolute atomic E-state index is 0.0138. The fourth-order valence-electron chi connectivity index (χ4n) is 1.83. The number of nitrogens with zero attached hydrogens (tertiary/aromatic N) is 2. The van der Waals surface area contributed by atoms with E-state index in [4.69, 9.17) is 5.26 Å². The summed E-state index contributed by atoms with van der Waals surface area (Å²) in [5, 5.41) is 16.8. The van der Waals surface area contributed by atoms with Crippen molar-refractivity contribution >= 4 is 5.70 Å². The first-order valence-electron chi connectivity index (χ1n) is 5.84. The van der Waals surface area contributed by atoms with Crippen molar-refractivity contribution in [2.24, 2.45) is 5.92 Å². The largest absolute Gasteiger partial charge is 0.624 e. The van der Waals surface area contributed by atoms with Crippen LogP contribution in [0, 0.1) is 17.2 Å². The second kappa shape index (κ2) is 5.03. The van der Waals surface area contributed by atoms with E-state index in [1.54, 1.807) is 0 Å². The molecule has 0 amide bonds. The molecule has 1 aromatic rings. The summed E-state index contributed by atoms with van der Waals surface area (Å²) in [4.78, 5) is 0. The Kier molecular flexibility index (Phi) is 3.46. The Hall–Kier alpha value is -1.79. The van der Waals surface area contributed by atoms with E-state index in [2.05, 4.69) is 30.6 Å². The van der Waals surface area contributed by atoms with Gasteiger partial charge in [-0.05, 0) is 17.5 Å². The monoisotopic (exact) mass is 226 g/mol. The minimum Gasteiger partial charge on any atom is -0.624 e. The molecule has 17 heavy (non-hydrogen) atoms. The van der Waals surface area contributed by atoms with E-state index < -0.39 is 0 Å². The van der Waals surface area contributed by atoms with Crippen LogP contribution in [0.3, 0.4) is 0 Å². The van der Waals surface area contributed by atoms with Crippen molar-refractivity contribution in [3.63, 3.8) is 0 Å². The third-order valence-corrected chi connectivity index (χ3v) is 2.80. The Bertz CT molecular complexity index is 442. The maximum atomic E-state index is 9.04. The van der Waals surface area contributed by atoms with Crippen molar-refractivity contribution in [1.82, 2.24) is 5.32 Å². The zero-order chi connectivity index (χ0) is 12.3. The average Bonchev–Trinajstić information content (AvgIpc) is 2.39. The Morgan fingerprint density at radius 3 is 2.59 bits per heavy atom. The molecule has 0 spiro atoms. The highest BCUT2D eigenvalue weighted by Crippen LogP contribution is 2.25. The molecule has 0 aliphatic carbocycles. The van der Waals surface area contributed by atoms with Crippen LogP contribution in [0.2, 0.25) is 0 Å². The molecule has 2 rings (SSSR count). The summed E-state index contributed by atoms with van der Waals surface area (Å²) in [5.74, 6) is 0.373. The highest BCUT2D eigenvalue weighted by molar-refractivity contribution is 5.67. The van der Waals surface area contributed by atoms with Gasteiger partial charge in [0.1, 0.15) is 0 Å². The molecule has 1 aliphatic rings. The third kappa shape index (κ3) is 2.66. The fraction of sp³-hybridized carbons (Fsp3) is 0.357. The van der Waals surface area contributed by atoms with Gasteiger partial charge in [-0.15, -0.1) is 0 Å². The lowest BCUT2D eigenvalue weighted by atomic mass is 10.0. The van der Waals surface area contributed by atoms with E-state index in [1.165, 1.54) is 0 Å². The lowest BCUT2D eigenvalue weighted by Gasteiger charge is -2.43. The standard InChI is InChI=1S/C14H16N3/c1-10(2)14-16-12(9-15)8-13(17-14)11-6-4-3-5-7-11/h3-8,10,12,14,17H,1-2H3/q-1. The van der Waals surface area contributed by atoms with Crippen LogP contribution in [0.4, 0.5) is 0 Å². The first kappa shape index (κ1) is 11.7. The minimum atomic E-state index is -0.348. The van der Waals surface area contributed by atoms with E-state index in [-0.39, 0.29) is 12.2 Å². The lowest BCUT2D eigenvalue weighted by Crippen LogP contribution is -2.37. The molecule has 0 bridgehead atoms. The van der Waals surface area contributed by atoms with E-state index in [0.717, 1.165) is 11.3 Å². The van der Waals surface area contributed by atoms with Gasteiger partial charge in [-0.3, -0.25) is 0 Å². The number of hydrogen-bond acceptors (Lipinski definition) is 2. The summed E-state index contributed by atoms with van der Waals surface area (Å²) >= 11 is 0. The number of nitrogens with one attached hydrogen (secondary N) is 1. The summed E-state index contributed by atoms with van der Waals surface area (Å²) in [6.45, 7) is 4.20.